The summed E-state index contributed by atoms with van der Waals surface area (Å²) in [5.74, 6) is 0.990. The maximum Gasteiger partial charge on any atom is 0.147 e. The molecule has 5 aromatic rings. The largest absolute Gasteiger partial charge is 0.489 e. The maximum absolute atomic E-state index is 13.8. The third-order valence-electron chi connectivity index (χ3n) is 5.48. The minimum Gasteiger partial charge on any atom is -0.489 e. The van der Waals surface area contributed by atoms with Crippen LogP contribution in [-0.2, 0) is 19.8 Å². The molecule has 0 atom stereocenters. The molecule has 0 saturated carbocycles. The Hall–Kier alpha value is -3.97. The molecule has 0 unspecified atom stereocenters. The minimum atomic E-state index is -0.616. The van der Waals surface area contributed by atoms with E-state index in [1.807, 2.05) is 72.8 Å². The predicted molar refractivity (Wildman–Crippen MR) is 135 cm³/mol. The van der Waals surface area contributed by atoms with Crippen molar-refractivity contribution in [3.8, 4) is 11.5 Å². The van der Waals surface area contributed by atoms with Crippen LogP contribution in [0.25, 0.3) is 10.1 Å². The lowest BCUT2D eigenvalue weighted by molar-refractivity contribution is 0.299. The van der Waals surface area contributed by atoms with Gasteiger partial charge in [0.2, 0.25) is 0 Å². The van der Waals surface area contributed by atoms with E-state index in [1.165, 1.54) is 23.7 Å². The van der Waals surface area contributed by atoms with Crippen molar-refractivity contribution in [2.45, 2.75) is 19.8 Å². The van der Waals surface area contributed by atoms with Crippen LogP contribution in [0.4, 0.5) is 14.6 Å². The van der Waals surface area contributed by atoms with Gasteiger partial charge < -0.3 is 14.8 Å². The number of fused-ring (bicyclic) bond motifs is 1. The molecule has 4 nitrogen and oxygen atoms in total. The number of nitrogens with zero attached hydrogens (tertiary/aromatic N) is 1. The van der Waals surface area contributed by atoms with E-state index in [2.05, 4.69) is 9.69 Å². The van der Waals surface area contributed by atoms with Gasteiger partial charge in [0.1, 0.15) is 42.2 Å². The molecule has 35 heavy (non-hydrogen) atoms. The van der Waals surface area contributed by atoms with E-state index in [-0.39, 0.29) is 6.61 Å². The van der Waals surface area contributed by atoms with Crippen molar-refractivity contribution in [3.63, 3.8) is 0 Å². The second kappa shape index (κ2) is 10.5. The molecule has 7 heteroatoms. The summed E-state index contributed by atoms with van der Waals surface area (Å²) in [5, 5.41) is 4.41. The fourth-order valence-corrected chi connectivity index (χ4v) is 4.30. The van der Waals surface area contributed by atoms with Gasteiger partial charge in [-0.15, -0.1) is 0 Å². The zero-order valence-electron chi connectivity index (χ0n) is 18.7. The van der Waals surface area contributed by atoms with Crippen molar-refractivity contribution in [1.29, 1.82) is 0 Å². The van der Waals surface area contributed by atoms with E-state index >= 15 is 0 Å². The van der Waals surface area contributed by atoms with Gasteiger partial charge in [0, 0.05) is 23.6 Å². The number of aromatic nitrogens is 1. The van der Waals surface area contributed by atoms with Gasteiger partial charge in [-0.2, -0.15) is 4.37 Å². The van der Waals surface area contributed by atoms with E-state index in [9.17, 15) is 8.78 Å². The van der Waals surface area contributed by atoms with Crippen LogP contribution in [0.15, 0.2) is 91.0 Å². The summed E-state index contributed by atoms with van der Waals surface area (Å²) >= 11 is 1.44. The van der Waals surface area contributed by atoms with Crippen molar-refractivity contribution >= 4 is 27.4 Å². The highest BCUT2D eigenvalue weighted by Crippen LogP contribution is 2.31. The Morgan fingerprint density at radius 2 is 1.51 bits per heavy atom. The number of halogens is 2. The van der Waals surface area contributed by atoms with E-state index < -0.39 is 11.6 Å². The normalized spacial score (nSPS) is 10.9. The Kier molecular flexibility index (Phi) is 6.86. The fraction of sp³-hybridized carbons (Fsp3) is 0.107. The first-order valence-electron chi connectivity index (χ1n) is 11.1. The molecule has 1 N–H and O–H groups in total. The highest BCUT2D eigenvalue weighted by Gasteiger charge is 2.09. The van der Waals surface area contributed by atoms with Crippen LogP contribution in [0.5, 0.6) is 11.5 Å². The van der Waals surface area contributed by atoms with Crippen LogP contribution in [0.1, 0.15) is 16.7 Å². The Balaban J connectivity index is 1.18. The van der Waals surface area contributed by atoms with Gasteiger partial charge in [0.05, 0.1) is 4.70 Å². The fourth-order valence-electron chi connectivity index (χ4n) is 3.57. The van der Waals surface area contributed by atoms with Crippen molar-refractivity contribution in [2.75, 3.05) is 5.32 Å². The number of hydrogen-bond donors (Lipinski definition) is 1. The van der Waals surface area contributed by atoms with Gasteiger partial charge in [-0.1, -0.05) is 42.5 Å². The molecule has 4 aromatic carbocycles. The summed E-state index contributed by atoms with van der Waals surface area (Å²) in [6, 6.07) is 27.0. The Morgan fingerprint density at radius 1 is 0.743 bits per heavy atom. The number of benzene rings is 4. The molecule has 0 aliphatic heterocycles. The highest BCUT2D eigenvalue weighted by molar-refractivity contribution is 7.13. The lowest BCUT2D eigenvalue weighted by Gasteiger charge is -2.09. The van der Waals surface area contributed by atoms with Gasteiger partial charge in [-0.25, -0.2) is 8.78 Å². The quantitative estimate of drug-likeness (QED) is 0.236. The van der Waals surface area contributed by atoms with Crippen molar-refractivity contribution in [2.24, 2.45) is 0 Å². The predicted octanol–water partition coefficient (Wildman–Crippen LogP) is 7.34. The average Bonchev–Trinajstić information content (AvgIpc) is 3.29. The minimum absolute atomic E-state index is 0.0310. The molecular formula is C28H22F2N2O2S. The summed E-state index contributed by atoms with van der Waals surface area (Å²) in [5.41, 5.74) is 2.47. The third kappa shape index (κ3) is 5.75. The van der Waals surface area contributed by atoms with Crippen LogP contribution in [0, 0.1) is 11.6 Å². The number of ether oxygens (including phenoxy) is 2. The second-order valence-electron chi connectivity index (χ2n) is 7.99. The molecular weight excluding hydrogens is 466 g/mol. The van der Waals surface area contributed by atoms with E-state index in [0.29, 0.717) is 24.5 Å². The van der Waals surface area contributed by atoms with Gasteiger partial charge in [-0.3, -0.25) is 0 Å². The Morgan fingerprint density at radius 3 is 2.31 bits per heavy atom. The van der Waals surface area contributed by atoms with Gasteiger partial charge in [0.25, 0.3) is 0 Å². The summed E-state index contributed by atoms with van der Waals surface area (Å²) in [7, 11) is 0. The van der Waals surface area contributed by atoms with Crippen molar-refractivity contribution in [3.05, 3.63) is 119 Å². The van der Waals surface area contributed by atoms with Gasteiger partial charge in [0.15, 0.2) is 0 Å². The van der Waals surface area contributed by atoms with Crippen LogP contribution in [0.2, 0.25) is 0 Å². The topological polar surface area (TPSA) is 43.4 Å². The zero-order chi connectivity index (χ0) is 24.0. The number of nitrogens with one attached hydrogen (secondary N) is 1. The molecule has 0 fully saturated rings. The first-order chi connectivity index (χ1) is 17.1. The maximum atomic E-state index is 13.8. The Labute approximate surface area is 205 Å². The first-order valence-corrected chi connectivity index (χ1v) is 11.9. The molecule has 0 amide bonds. The summed E-state index contributed by atoms with van der Waals surface area (Å²) in [4.78, 5) is 0. The molecule has 0 aliphatic rings. The number of rotatable bonds is 9. The van der Waals surface area contributed by atoms with E-state index in [0.717, 1.165) is 38.8 Å². The smallest absolute Gasteiger partial charge is 0.147 e. The third-order valence-corrected chi connectivity index (χ3v) is 6.31. The van der Waals surface area contributed by atoms with Gasteiger partial charge in [-0.05, 0) is 65.1 Å². The van der Waals surface area contributed by atoms with Crippen molar-refractivity contribution < 1.29 is 18.3 Å². The van der Waals surface area contributed by atoms with Crippen LogP contribution in [-0.4, -0.2) is 4.37 Å². The molecule has 1 aromatic heterocycles. The van der Waals surface area contributed by atoms with Crippen molar-refractivity contribution in [1.82, 2.24) is 4.37 Å². The lowest BCUT2D eigenvalue weighted by Crippen LogP contribution is -2.01. The van der Waals surface area contributed by atoms with Crippen LogP contribution < -0.4 is 14.8 Å². The van der Waals surface area contributed by atoms with Crippen LogP contribution in [0.3, 0.4) is 0 Å². The summed E-state index contributed by atoms with van der Waals surface area (Å²) in [6.45, 7) is 1.12. The molecule has 0 spiro atoms. The highest BCUT2D eigenvalue weighted by atomic mass is 32.1. The lowest BCUT2D eigenvalue weighted by atomic mass is 10.2. The molecule has 176 valence electrons. The number of anilines is 1. The van der Waals surface area contributed by atoms with Gasteiger partial charge >= 0.3 is 0 Å². The summed E-state index contributed by atoms with van der Waals surface area (Å²) in [6.07, 6.45) is 0. The molecule has 0 radical (unpaired) electrons. The second-order valence-corrected chi connectivity index (χ2v) is 8.79. The molecule has 5 rings (SSSR count). The van der Waals surface area contributed by atoms with E-state index in [1.54, 1.807) is 0 Å². The molecule has 0 saturated heterocycles. The SMILES string of the molecule is Fc1ccc(COc2ccc(CNc3nsc4ccc(OCc5ccccc5)cc34)cc2)c(F)c1. The first kappa shape index (κ1) is 22.8. The zero-order valence-corrected chi connectivity index (χ0v) is 19.5. The van der Waals surface area contributed by atoms with Crippen LogP contribution >= 0.6 is 11.5 Å². The molecule has 1 heterocycles. The Bertz CT molecular complexity index is 1420. The average molecular weight is 489 g/mol. The number of hydrogen-bond acceptors (Lipinski definition) is 5. The molecule has 0 aliphatic carbocycles. The summed E-state index contributed by atoms with van der Waals surface area (Å²) < 4.78 is 44.0. The standard InChI is InChI=1S/C28H22F2N2O2S/c29-22-9-8-21(26(30)14-22)18-34-23-10-6-19(7-11-23)16-31-28-25-15-24(12-13-27(25)35-32-28)33-17-20-4-2-1-3-5-20/h1-15H,16-18H2,(H,31,32). The molecule has 0 bridgehead atoms. The monoisotopic (exact) mass is 488 g/mol. The van der Waals surface area contributed by atoms with E-state index in [4.69, 9.17) is 9.47 Å².